The zero-order chi connectivity index (χ0) is 18.5. The van der Waals surface area contributed by atoms with Crippen LogP contribution in [0.2, 0.25) is 0 Å². The monoisotopic (exact) mass is 357 g/mol. The summed E-state index contributed by atoms with van der Waals surface area (Å²) in [7, 11) is 1.60. The summed E-state index contributed by atoms with van der Waals surface area (Å²) in [5.41, 5.74) is 1.96. The molecule has 0 bridgehead atoms. The Morgan fingerprint density at radius 2 is 1.81 bits per heavy atom. The number of allylic oxidation sites excluding steroid dienone is 1. The van der Waals surface area contributed by atoms with Crippen molar-refractivity contribution in [2.75, 3.05) is 7.11 Å². The Morgan fingerprint density at radius 3 is 2.50 bits per heavy atom. The minimum atomic E-state index is -0.349. The summed E-state index contributed by atoms with van der Waals surface area (Å²) in [5, 5.41) is 2.80. The van der Waals surface area contributed by atoms with Crippen molar-refractivity contribution in [1.29, 1.82) is 0 Å². The highest BCUT2D eigenvalue weighted by Crippen LogP contribution is 2.38. The number of nitrogens with one attached hydrogen (secondary N) is 1. The first-order valence-electron chi connectivity index (χ1n) is 9.44. The molecule has 1 aliphatic heterocycles. The van der Waals surface area contributed by atoms with Gasteiger partial charge in [0.25, 0.3) is 0 Å². The SMILES string of the molecule is COc1ccccc1[C@H]1CC(=O)NC(C)=C1C(=O)OC1CCCCCC1. The molecule has 1 N–H and O–H groups in total. The summed E-state index contributed by atoms with van der Waals surface area (Å²) < 4.78 is 11.3. The lowest BCUT2D eigenvalue weighted by Gasteiger charge is -2.28. The van der Waals surface area contributed by atoms with E-state index in [1.54, 1.807) is 14.0 Å². The Kier molecular flexibility index (Phi) is 5.96. The maximum Gasteiger partial charge on any atom is 0.336 e. The van der Waals surface area contributed by atoms with Crippen LogP contribution >= 0.6 is 0 Å². The average Bonchev–Trinajstić information content (AvgIpc) is 2.89. The van der Waals surface area contributed by atoms with Crippen molar-refractivity contribution in [2.24, 2.45) is 0 Å². The van der Waals surface area contributed by atoms with Gasteiger partial charge in [0.1, 0.15) is 11.9 Å². The molecular weight excluding hydrogens is 330 g/mol. The molecule has 0 saturated heterocycles. The Morgan fingerprint density at radius 1 is 1.12 bits per heavy atom. The van der Waals surface area contributed by atoms with Gasteiger partial charge in [0.05, 0.1) is 12.7 Å². The highest BCUT2D eigenvalue weighted by molar-refractivity contribution is 5.96. The van der Waals surface area contributed by atoms with Gasteiger partial charge >= 0.3 is 5.97 Å². The summed E-state index contributed by atoms with van der Waals surface area (Å²) in [6.45, 7) is 1.77. The van der Waals surface area contributed by atoms with Gasteiger partial charge in [0, 0.05) is 23.6 Å². The van der Waals surface area contributed by atoms with Crippen LogP contribution in [-0.4, -0.2) is 25.1 Å². The van der Waals surface area contributed by atoms with E-state index in [-0.39, 0.29) is 30.3 Å². The van der Waals surface area contributed by atoms with Crippen molar-refractivity contribution in [3.63, 3.8) is 0 Å². The number of ether oxygens (including phenoxy) is 2. The van der Waals surface area contributed by atoms with E-state index in [4.69, 9.17) is 9.47 Å². The largest absolute Gasteiger partial charge is 0.496 e. The molecule has 0 spiro atoms. The molecule has 0 aromatic heterocycles. The van der Waals surface area contributed by atoms with Crippen LogP contribution in [0.15, 0.2) is 35.5 Å². The van der Waals surface area contributed by atoms with Crippen molar-refractivity contribution in [2.45, 2.75) is 63.9 Å². The summed E-state index contributed by atoms with van der Waals surface area (Å²) >= 11 is 0. The minimum Gasteiger partial charge on any atom is -0.496 e. The number of carbonyl (C=O) groups is 2. The second kappa shape index (κ2) is 8.39. The van der Waals surface area contributed by atoms with E-state index < -0.39 is 0 Å². The number of rotatable bonds is 4. The molecule has 5 heteroatoms. The first-order valence-corrected chi connectivity index (χ1v) is 9.44. The minimum absolute atomic E-state index is 0.0266. The van der Waals surface area contributed by atoms with E-state index in [0.29, 0.717) is 17.0 Å². The fraction of sp³-hybridized carbons (Fsp3) is 0.524. The van der Waals surface area contributed by atoms with Gasteiger partial charge in [-0.25, -0.2) is 4.79 Å². The molecule has 1 fully saturated rings. The molecule has 26 heavy (non-hydrogen) atoms. The third-order valence-electron chi connectivity index (χ3n) is 5.28. The fourth-order valence-electron chi connectivity index (χ4n) is 3.97. The number of amides is 1. The summed E-state index contributed by atoms with van der Waals surface area (Å²) in [6.07, 6.45) is 6.64. The molecule has 1 heterocycles. The van der Waals surface area contributed by atoms with Crippen LogP contribution < -0.4 is 10.1 Å². The lowest BCUT2D eigenvalue weighted by Crippen LogP contribution is -2.35. The van der Waals surface area contributed by atoms with E-state index in [2.05, 4.69) is 5.32 Å². The Labute approximate surface area is 154 Å². The van der Waals surface area contributed by atoms with Gasteiger partial charge < -0.3 is 14.8 Å². The molecule has 0 radical (unpaired) electrons. The number of benzene rings is 1. The van der Waals surface area contributed by atoms with Crippen LogP contribution in [0.25, 0.3) is 0 Å². The van der Waals surface area contributed by atoms with Gasteiger partial charge in [0.15, 0.2) is 0 Å². The Hall–Kier alpha value is -2.30. The van der Waals surface area contributed by atoms with Crippen LogP contribution in [0.3, 0.4) is 0 Å². The fourth-order valence-corrected chi connectivity index (χ4v) is 3.97. The topological polar surface area (TPSA) is 64.6 Å². The molecule has 3 rings (SSSR count). The third-order valence-corrected chi connectivity index (χ3v) is 5.28. The van der Waals surface area contributed by atoms with E-state index in [1.807, 2.05) is 24.3 Å². The van der Waals surface area contributed by atoms with E-state index in [0.717, 1.165) is 31.2 Å². The summed E-state index contributed by atoms with van der Waals surface area (Å²) in [6, 6.07) is 7.54. The van der Waals surface area contributed by atoms with Crippen LogP contribution in [0.4, 0.5) is 0 Å². The van der Waals surface area contributed by atoms with Gasteiger partial charge in [-0.1, -0.05) is 31.0 Å². The zero-order valence-electron chi connectivity index (χ0n) is 15.5. The molecule has 1 aromatic rings. The van der Waals surface area contributed by atoms with Crippen molar-refractivity contribution >= 4 is 11.9 Å². The average molecular weight is 357 g/mol. The molecular formula is C21H27NO4. The molecule has 5 nitrogen and oxygen atoms in total. The second-order valence-electron chi connectivity index (χ2n) is 7.10. The summed E-state index contributed by atoms with van der Waals surface area (Å²) in [4.78, 5) is 25.1. The second-order valence-corrected chi connectivity index (χ2v) is 7.10. The van der Waals surface area contributed by atoms with Gasteiger partial charge in [-0.3, -0.25) is 4.79 Å². The van der Waals surface area contributed by atoms with Crippen molar-refractivity contribution < 1.29 is 19.1 Å². The van der Waals surface area contributed by atoms with Gasteiger partial charge in [-0.15, -0.1) is 0 Å². The highest BCUT2D eigenvalue weighted by Gasteiger charge is 2.35. The molecule has 1 aliphatic carbocycles. The standard InChI is InChI=1S/C21H27NO4/c1-14-20(21(24)26-15-9-5-3-4-6-10-15)17(13-19(23)22-14)16-11-7-8-12-18(16)25-2/h7-8,11-12,15,17H,3-6,9-10,13H2,1-2H3,(H,22,23)/t17-/m1/s1. The molecule has 1 atom stereocenters. The van der Waals surface area contributed by atoms with Gasteiger partial charge in [-0.2, -0.15) is 0 Å². The van der Waals surface area contributed by atoms with Crippen molar-refractivity contribution in [3.8, 4) is 5.75 Å². The highest BCUT2D eigenvalue weighted by atomic mass is 16.5. The lowest BCUT2D eigenvalue weighted by atomic mass is 9.84. The first kappa shape index (κ1) is 18.5. The van der Waals surface area contributed by atoms with Crippen LogP contribution in [-0.2, 0) is 14.3 Å². The maximum atomic E-state index is 13.0. The molecule has 140 valence electrons. The zero-order valence-corrected chi connectivity index (χ0v) is 15.5. The van der Waals surface area contributed by atoms with Crippen molar-refractivity contribution in [1.82, 2.24) is 5.32 Å². The number of esters is 1. The molecule has 1 aromatic carbocycles. The molecule has 2 aliphatic rings. The predicted octanol–water partition coefficient (Wildman–Crippen LogP) is 3.84. The first-order chi connectivity index (χ1) is 12.6. The van der Waals surface area contributed by atoms with Gasteiger partial charge in [-0.05, 0) is 38.7 Å². The number of para-hydroxylation sites is 1. The smallest absolute Gasteiger partial charge is 0.336 e. The Bertz CT molecular complexity index is 702. The molecule has 1 saturated carbocycles. The lowest BCUT2D eigenvalue weighted by molar-refractivity contribution is -0.145. The predicted molar refractivity (Wildman–Crippen MR) is 98.8 cm³/mol. The number of hydrogen-bond donors (Lipinski definition) is 1. The number of methoxy groups -OCH3 is 1. The van der Waals surface area contributed by atoms with Crippen molar-refractivity contribution in [3.05, 3.63) is 41.1 Å². The van der Waals surface area contributed by atoms with Crippen LogP contribution in [0.1, 0.15) is 63.4 Å². The van der Waals surface area contributed by atoms with Crippen LogP contribution in [0, 0.1) is 0 Å². The summed E-state index contributed by atoms with van der Waals surface area (Å²) in [5.74, 6) is -0.0762. The maximum absolute atomic E-state index is 13.0. The number of carbonyl (C=O) groups excluding carboxylic acids is 2. The number of hydrogen-bond acceptors (Lipinski definition) is 4. The van der Waals surface area contributed by atoms with Crippen LogP contribution in [0.5, 0.6) is 5.75 Å². The van der Waals surface area contributed by atoms with E-state index in [1.165, 1.54) is 12.8 Å². The van der Waals surface area contributed by atoms with E-state index in [9.17, 15) is 9.59 Å². The normalized spacial score (nSPS) is 21.8. The van der Waals surface area contributed by atoms with Gasteiger partial charge in [0.2, 0.25) is 5.91 Å². The Balaban J connectivity index is 1.89. The molecule has 1 amide bonds. The molecule has 0 unspecified atom stereocenters. The van der Waals surface area contributed by atoms with E-state index >= 15 is 0 Å². The quantitative estimate of drug-likeness (QED) is 0.657. The third kappa shape index (κ3) is 4.09.